The van der Waals surface area contributed by atoms with E-state index in [-0.39, 0.29) is 12.0 Å². The monoisotopic (exact) mass is 326 g/mol. The molecule has 3 aliphatic heterocycles. The molecule has 1 saturated carbocycles. The van der Waals surface area contributed by atoms with Gasteiger partial charge in [0.2, 0.25) is 0 Å². The highest BCUT2D eigenvalue weighted by molar-refractivity contribution is 5.82. The zero-order valence-corrected chi connectivity index (χ0v) is 14.2. The summed E-state index contributed by atoms with van der Waals surface area (Å²) < 4.78 is 5.97. The molecule has 0 radical (unpaired) electrons. The molecule has 1 aromatic rings. The van der Waals surface area contributed by atoms with Gasteiger partial charge in [0.1, 0.15) is 5.75 Å². The summed E-state index contributed by atoms with van der Waals surface area (Å²) in [6.45, 7) is 4.34. The molecule has 2 saturated heterocycles. The van der Waals surface area contributed by atoms with E-state index in [0.29, 0.717) is 6.04 Å². The molecule has 0 aromatic heterocycles. The Morgan fingerprint density at radius 3 is 2.54 bits per heavy atom. The lowest BCUT2D eigenvalue weighted by Gasteiger charge is -2.45. The topological polar surface area (TPSA) is 32.8 Å². The number of rotatable bonds is 2. The van der Waals surface area contributed by atoms with Crippen molar-refractivity contribution in [2.75, 3.05) is 26.2 Å². The van der Waals surface area contributed by atoms with Crippen LogP contribution >= 0.6 is 0 Å². The molecule has 5 rings (SSSR count). The fourth-order valence-electron chi connectivity index (χ4n) is 5.14. The average molecular weight is 326 g/mol. The summed E-state index contributed by atoms with van der Waals surface area (Å²) in [5.41, 5.74) is 1.23. The van der Waals surface area contributed by atoms with E-state index in [9.17, 15) is 4.79 Å². The van der Waals surface area contributed by atoms with Crippen molar-refractivity contribution in [3.63, 3.8) is 0 Å². The highest BCUT2D eigenvalue weighted by atomic mass is 16.5. The molecule has 0 N–H and O–H groups in total. The molecule has 4 heteroatoms. The zero-order chi connectivity index (χ0) is 16.1. The summed E-state index contributed by atoms with van der Waals surface area (Å²) >= 11 is 0. The predicted octanol–water partition coefficient (Wildman–Crippen LogP) is 2.32. The van der Waals surface area contributed by atoms with Gasteiger partial charge in [-0.3, -0.25) is 9.69 Å². The third-order valence-electron chi connectivity index (χ3n) is 6.64. The number of likely N-dealkylation sites (tertiary alicyclic amines) is 2. The predicted molar refractivity (Wildman–Crippen MR) is 92.0 cm³/mol. The van der Waals surface area contributed by atoms with Crippen LogP contribution in [0.5, 0.6) is 5.75 Å². The van der Waals surface area contributed by atoms with Gasteiger partial charge in [-0.1, -0.05) is 24.6 Å². The number of aryl methyl sites for hydroxylation is 1. The molecular formula is C20H26N2O2. The van der Waals surface area contributed by atoms with E-state index in [4.69, 9.17) is 4.74 Å². The van der Waals surface area contributed by atoms with Crippen LogP contribution in [-0.4, -0.2) is 54.0 Å². The van der Waals surface area contributed by atoms with Crippen LogP contribution in [-0.2, 0) is 11.2 Å². The van der Waals surface area contributed by atoms with Crippen LogP contribution in [0.25, 0.3) is 0 Å². The molecular weight excluding hydrogens is 300 g/mol. The van der Waals surface area contributed by atoms with Gasteiger partial charge in [-0.15, -0.1) is 0 Å². The van der Waals surface area contributed by atoms with Crippen LogP contribution < -0.4 is 4.74 Å². The minimum absolute atomic E-state index is 0.195. The van der Waals surface area contributed by atoms with E-state index in [0.717, 1.165) is 43.5 Å². The fourth-order valence-corrected chi connectivity index (χ4v) is 5.14. The number of amides is 1. The minimum atomic E-state index is -0.279. The van der Waals surface area contributed by atoms with Crippen molar-refractivity contribution >= 4 is 5.91 Å². The van der Waals surface area contributed by atoms with Crippen molar-refractivity contribution in [3.05, 3.63) is 29.8 Å². The highest BCUT2D eigenvalue weighted by Crippen LogP contribution is 2.39. The molecule has 24 heavy (non-hydrogen) atoms. The fraction of sp³-hybridized carbons (Fsp3) is 0.650. The third kappa shape index (κ3) is 2.43. The molecule has 3 heterocycles. The molecule has 128 valence electrons. The number of fused-ring (bicyclic) bond motifs is 2. The number of carbonyl (C=O) groups is 1. The standard InChI is InChI=1S/C20H26N2O2/c23-20(19-9-8-14-4-1-2-7-18(14)24-19)22-12-17(13-22)21-10-15-5-3-6-16(15)11-21/h1-2,4,7,15-17,19H,3,5-6,8-13H2. The summed E-state index contributed by atoms with van der Waals surface area (Å²) in [5.74, 6) is 2.97. The second-order valence-electron chi connectivity index (χ2n) is 8.05. The maximum atomic E-state index is 12.7. The number of para-hydroxylation sites is 1. The SMILES string of the molecule is O=C(C1CCc2ccccc2O1)N1CC(N2CC3CCCC3C2)C1. The van der Waals surface area contributed by atoms with Gasteiger partial charge in [0.25, 0.3) is 5.91 Å². The summed E-state index contributed by atoms with van der Waals surface area (Å²) in [4.78, 5) is 17.4. The lowest BCUT2D eigenvalue weighted by molar-refractivity contribution is -0.146. The Hall–Kier alpha value is -1.55. The normalized spacial score (nSPS) is 32.8. The molecule has 3 atom stereocenters. The third-order valence-corrected chi connectivity index (χ3v) is 6.64. The van der Waals surface area contributed by atoms with E-state index < -0.39 is 0 Å². The first-order valence-corrected chi connectivity index (χ1v) is 9.55. The van der Waals surface area contributed by atoms with Crippen LogP contribution in [0.4, 0.5) is 0 Å². The first kappa shape index (κ1) is 14.8. The molecule has 1 aromatic carbocycles. The average Bonchev–Trinajstić information content (AvgIpc) is 3.14. The van der Waals surface area contributed by atoms with E-state index in [1.54, 1.807) is 0 Å². The lowest BCUT2D eigenvalue weighted by Crippen LogP contribution is -2.63. The summed E-state index contributed by atoms with van der Waals surface area (Å²) in [6, 6.07) is 8.69. The second kappa shape index (κ2) is 5.76. The largest absolute Gasteiger partial charge is 0.480 e. The minimum Gasteiger partial charge on any atom is -0.480 e. The maximum absolute atomic E-state index is 12.7. The second-order valence-corrected chi connectivity index (χ2v) is 8.05. The van der Waals surface area contributed by atoms with Gasteiger partial charge in [-0.2, -0.15) is 0 Å². The Morgan fingerprint density at radius 2 is 1.75 bits per heavy atom. The number of hydrogen-bond donors (Lipinski definition) is 0. The first-order chi connectivity index (χ1) is 11.8. The van der Waals surface area contributed by atoms with Crippen molar-refractivity contribution in [3.8, 4) is 5.75 Å². The van der Waals surface area contributed by atoms with Gasteiger partial charge >= 0.3 is 0 Å². The van der Waals surface area contributed by atoms with Crippen LogP contribution in [0.15, 0.2) is 24.3 Å². The van der Waals surface area contributed by atoms with Gasteiger partial charge in [0.15, 0.2) is 6.10 Å². The Bertz CT molecular complexity index is 628. The molecule has 0 bridgehead atoms. The molecule has 3 fully saturated rings. The van der Waals surface area contributed by atoms with Crippen molar-refractivity contribution in [2.45, 2.75) is 44.2 Å². The van der Waals surface area contributed by atoms with E-state index in [1.807, 2.05) is 23.1 Å². The molecule has 4 aliphatic rings. The van der Waals surface area contributed by atoms with Crippen LogP contribution in [0, 0.1) is 11.8 Å². The molecule has 4 nitrogen and oxygen atoms in total. The van der Waals surface area contributed by atoms with Crippen LogP contribution in [0.2, 0.25) is 0 Å². The number of hydrogen-bond acceptors (Lipinski definition) is 3. The molecule has 3 unspecified atom stereocenters. The smallest absolute Gasteiger partial charge is 0.263 e. The Balaban J connectivity index is 1.16. The molecule has 0 spiro atoms. The van der Waals surface area contributed by atoms with E-state index in [2.05, 4.69) is 11.0 Å². The maximum Gasteiger partial charge on any atom is 0.263 e. The lowest BCUT2D eigenvalue weighted by atomic mass is 9.99. The van der Waals surface area contributed by atoms with Crippen molar-refractivity contribution < 1.29 is 9.53 Å². The molecule has 1 amide bonds. The Labute approximate surface area is 143 Å². The van der Waals surface area contributed by atoms with Gasteiger partial charge in [-0.05, 0) is 49.1 Å². The van der Waals surface area contributed by atoms with Gasteiger partial charge < -0.3 is 9.64 Å². The summed E-state index contributed by atoms with van der Waals surface area (Å²) in [5, 5.41) is 0. The number of benzene rings is 1. The zero-order valence-electron chi connectivity index (χ0n) is 14.2. The Kier molecular flexibility index (Phi) is 3.55. The number of ether oxygens (including phenoxy) is 1. The van der Waals surface area contributed by atoms with Gasteiger partial charge in [0, 0.05) is 32.2 Å². The van der Waals surface area contributed by atoms with Crippen LogP contribution in [0.3, 0.4) is 0 Å². The number of nitrogens with zero attached hydrogens (tertiary/aromatic N) is 2. The quantitative estimate of drug-likeness (QED) is 0.836. The van der Waals surface area contributed by atoms with Crippen molar-refractivity contribution in [1.82, 2.24) is 9.80 Å². The van der Waals surface area contributed by atoms with Crippen molar-refractivity contribution in [1.29, 1.82) is 0 Å². The summed E-state index contributed by atoms with van der Waals surface area (Å²) in [7, 11) is 0. The summed E-state index contributed by atoms with van der Waals surface area (Å²) in [6.07, 6.45) is 5.75. The van der Waals surface area contributed by atoms with Gasteiger partial charge in [0.05, 0.1) is 0 Å². The van der Waals surface area contributed by atoms with Crippen molar-refractivity contribution in [2.24, 2.45) is 11.8 Å². The molecule has 1 aliphatic carbocycles. The van der Waals surface area contributed by atoms with Gasteiger partial charge in [-0.25, -0.2) is 0 Å². The van der Waals surface area contributed by atoms with E-state index in [1.165, 1.54) is 37.9 Å². The first-order valence-electron chi connectivity index (χ1n) is 9.55. The Morgan fingerprint density at radius 1 is 1.00 bits per heavy atom. The van der Waals surface area contributed by atoms with E-state index >= 15 is 0 Å². The van der Waals surface area contributed by atoms with Crippen LogP contribution in [0.1, 0.15) is 31.2 Å². The number of carbonyl (C=O) groups excluding carboxylic acids is 1. The highest BCUT2D eigenvalue weighted by Gasteiger charge is 2.44.